The van der Waals surface area contributed by atoms with Crippen LogP contribution in [-0.4, -0.2) is 22.3 Å². The van der Waals surface area contributed by atoms with Crippen molar-refractivity contribution in [3.8, 4) is 0 Å². The fourth-order valence-electron chi connectivity index (χ4n) is 3.61. The summed E-state index contributed by atoms with van der Waals surface area (Å²) in [5, 5.41) is 0. The minimum atomic E-state index is 0.194. The molecule has 0 amide bonds. The molecule has 4 nitrogen and oxygen atoms in total. The Labute approximate surface area is 130 Å². The Morgan fingerprint density at radius 2 is 2.00 bits per heavy atom. The number of fused-ring (bicyclic) bond motifs is 2. The number of carbonyl (C=O) groups is 1. The third kappa shape index (κ3) is 2.02. The maximum Gasteiger partial charge on any atom is 0.230 e. The summed E-state index contributed by atoms with van der Waals surface area (Å²) in [5.74, 6) is 1.30. The number of hydrogen-bond acceptors (Lipinski definition) is 4. The number of anilines is 2. The van der Waals surface area contributed by atoms with Crippen molar-refractivity contribution in [2.45, 2.75) is 33.1 Å². The van der Waals surface area contributed by atoms with E-state index in [0.29, 0.717) is 12.3 Å². The molecule has 112 valence electrons. The molecule has 0 unspecified atom stereocenters. The largest absolute Gasteiger partial charge is 0.310 e. The highest BCUT2D eigenvalue weighted by atomic mass is 16.1. The molecule has 22 heavy (non-hydrogen) atoms. The third-order valence-electron chi connectivity index (χ3n) is 4.64. The van der Waals surface area contributed by atoms with Crippen molar-refractivity contribution in [2.75, 3.05) is 11.4 Å². The second kappa shape index (κ2) is 4.90. The van der Waals surface area contributed by atoms with Crippen LogP contribution in [0.2, 0.25) is 0 Å². The topological polar surface area (TPSA) is 46.1 Å². The van der Waals surface area contributed by atoms with Crippen molar-refractivity contribution in [3.05, 3.63) is 46.8 Å². The summed E-state index contributed by atoms with van der Waals surface area (Å²) in [7, 11) is 0. The highest BCUT2D eigenvalue weighted by Gasteiger charge is 2.29. The average Bonchev–Trinajstić information content (AvgIpc) is 2.89. The summed E-state index contributed by atoms with van der Waals surface area (Å²) < 4.78 is 0. The van der Waals surface area contributed by atoms with Crippen molar-refractivity contribution < 1.29 is 4.79 Å². The molecule has 0 saturated carbocycles. The molecule has 4 heteroatoms. The zero-order valence-electron chi connectivity index (χ0n) is 13.0. The van der Waals surface area contributed by atoms with Gasteiger partial charge in [-0.3, -0.25) is 4.79 Å². The van der Waals surface area contributed by atoms with Gasteiger partial charge < -0.3 is 4.90 Å². The summed E-state index contributed by atoms with van der Waals surface area (Å²) in [5.41, 5.74) is 5.04. The van der Waals surface area contributed by atoms with Gasteiger partial charge in [-0.05, 0) is 37.3 Å². The van der Waals surface area contributed by atoms with Gasteiger partial charge in [-0.25, -0.2) is 9.97 Å². The van der Waals surface area contributed by atoms with Crippen LogP contribution in [0.25, 0.3) is 0 Å². The van der Waals surface area contributed by atoms with E-state index in [1.54, 1.807) is 0 Å². The molecule has 0 bridgehead atoms. The first kappa shape index (κ1) is 13.4. The van der Waals surface area contributed by atoms with Gasteiger partial charge in [0, 0.05) is 18.7 Å². The summed E-state index contributed by atoms with van der Waals surface area (Å²) in [6.07, 6.45) is 2.50. The number of ketones is 1. The first-order valence-corrected chi connectivity index (χ1v) is 7.89. The van der Waals surface area contributed by atoms with E-state index < -0.39 is 0 Å². The predicted molar refractivity (Wildman–Crippen MR) is 85.7 cm³/mol. The van der Waals surface area contributed by atoms with Gasteiger partial charge in [0.15, 0.2) is 5.78 Å². The van der Waals surface area contributed by atoms with E-state index in [0.717, 1.165) is 42.3 Å². The lowest BCUT2D eigenvalue weighted by Crippen LogP contribution is -2.25. The molecule has 2 aromatic rings. The van der Waals surface area contributed by atoms with E-state index in [1.165, 1.54) is 11.3 Å². The summed E-state index contributed by atoms with van der Waals surface area (Å²) in [4.78, 5) is 23.8. The SMILES string of the molecule is Cc1nc(N2CCc3ccccc32)nc2c1C(=O)C[C@@H](C)C2. The number of aryl methyl sites for hydroxylation is 1. The lowest BCUT2D eigenvalue weighted by molar-refractivity contribution is 0.0951. The molecular weight excluding hydrogens is 274 g/mol. The van der Waals surface area contributed by atoms with Gasteiger partial charge in [0.1, 0.15) is 0 Å². The van der Waals surface area contributed by atoms with Crippen LogP contribution in [0.15, 0.2) is 24.3 Å². The number of Topliss-reactive ketones (excluding diaryl/α,β-unsaturated/α-hetero) is 1. The zero-order valence-corrected chi connectivity index (χ0v) is 13.0. The number of carbonyl (C=O) groups excluding carboxylic acids is 1. The van der Waals surface area contributed by atoms with Gasteiger partial charge in [-0.2, -0.15) is 0 Å². The van der Waals surface area contributed by atoms with Crippen LogP contribution in [0.3, 0.4) is 0 Å². The fourth-order valence-corrected chi connectivity index (χ4v) is 3.61. The van der Waals surface area contributed by atoms with Crippen molar-refractivity contribution in [1.29, 1.82) is 0 Å². The van der Waals surface area contributed by atoms with Gasteiger partial charge in [0.25, 0.3) is 0 Å². The van der Waals surface area contributed by atoms with E-state index in [2.05, 4.69) is 35.0 Å². The molecule has 0 saturated heterocycles. The Kier molecular flexibility index (Phi) is 2.99. The van der Waals surface area contributed by atoms with Crippen molar-refractivity contribution in [1.82, 2.24) is 9.97 Å². The van der Waals surface area contributed by atoms with Crippen LogP contribution >= 0.6 is 0 Å². The van der Waals surface area contributed by atoms with Gasteiger partial charge in [-0.1, -0.05) is 25.1 Å². The van der Waals surface area contributed by atoms with Crippen LogP contribution in [0, 0.1) is 12.8 Å². The third-order valence-corrected chi connectivity index (χ3v) is 4.64. The van der Waals surface area contributed by atoms with Crippen molar-refractivity contribution >= 4 is 17.4 Å². The Morgan fingerprint density at radius 1 is 1.18 bits per heavy atom. The smallest absolute Gasteiger partial charge is 0.230 e. The number of rotatable bonds is 1. The zero-order chi connectivity index (χ0) is 15.3. The first-order chi connectivity index (χ1) is 10.6. The predicted octanol–water partition coefficient (Wildman–Crippen LogP) is 3.24. The molecule has 1 atom stereocenters. The Hall–Kier alpha value is -2.23. The number of aromatic nitrogens is 2. The Bertz CT molecular complexity index is 769. The first-order valence-electron chi connectivity index (χ1n) is 7.89. The van der Waals surface area contributed by atoms with Gasteiger partial charge in [-0.15, -0.1) is 0 Å². The van der Waals surface area contributed by atoms with E-state index in [1.807, 2.05) is 13.0 Å². The van der Waals surface area contributed by atoms with Crippen LogP contribution in [0.5, 0.6) is 0 Å². The molecule has 2 heterocycles. The highest BCUT2D eigenvalue weighted by Crippen LogP contribution is 2.34. The van der Waals surface area contributed by atoms with Crippen LogP contribution in [0.1, 0.15) is 40.7 Å². The molecule has 0 fully saturated rings. The lowest BCUT2D eigenvalue weighted by atomic mass is 9.86. The van der Waals surface area contributed by atoms with E-state index in [-0.39, 0.29) is 5.78 Å². The second-order valence-corrected chi connectivity index (χ2v) is 6.40. The minimum Gasteiger partial charge on any atom is -0.310 e. The molecule has 0 N–H and O–H groups in total. The molecule has 2 aliphatic rings. The Balaban J connectivity index is 1.80. The monoisotopic (exact) mass is 293 g/mol. The summed E-state index contributed by atoms with van der Waals surface area (Å²) in [6, 6.07) is 8.40. The molecule has 1 aliphatic heterocycles. The van der Waals surface area contributed by atoms with E-state index in [4.69, 9.17) is 4.98 Å². The van der Waals surface area contributed by atoms with E-state index in [9.17, 15) is 4.79 Å². The van der Waals surface area contributed by atoms with Gasteiger partial charge in [0.2, 0.25) is 5.95 Å². The lowest BCUT2D eigenvalue weighted by Gasteiger charge is -2.24. The summed E-state index contributed by atoms with van der Waals surface area (Å²) >= 11 is 0. The molecule has 1 aromatic carbocycles. The number of hydrogen-bond donors (Lipinski definition) is 0. The highest BCUT2D eigenvalue weighted by molar-refractivity contribution is 5.99. The second-order valence-electron chi connectivity index (χ2n) is 6.40. The molecule has 1 aliphatic carbocycles. The van der Waals surface area contributed by atoms with Gasteiger partial charge >= 0.3 is 0 Å². The Morgan fingerprint density at radius 3 is 2.86 bits per heavy atom. The standard InChI is InChI=1S/C18H19N3O/c1-11-9-14-17(16(22)10-11)12(2)19-18(20-14)21-8-7-13-5-3-4-6-15(13)21/h3-6,11H,7-10H2,1-2H3/t11-/m0/s1. The van der Waals surface area contributed by atoms with E-state index >= 15 is 0 Å². The maximum absolute atomic E-state index is 12.3. The molecule has 4 rings (SSSR count). The number of nitrogens with zero attached hydrogens (tertiary/aromatic N) is 3. The van der Waals surface area contributed by atoms with Crippen LogP contribution in [-0.2, 0) is 12.8 Å². The molecule has 1 aromatic heterocycles. The normalized spacial score (nSPS) is 20.0. The van der Waals surface area contributed by atoms with Gasteiger partial charge in [0.05, 0.1) is 17.0 Å². The average molecular weight is 293 g/mol. The van der Waals surface area contributed by atoms with Crippen molar-refractivity contribution in [2.24, 2.45) is 5.92 Å². The quantitative estimate of drug-likeness (QED) is 0.809. The minimum absolute atomic E-state index is 0.194. The molecule has 0 radical (unpaired) electrons. The fraction of sp³-hybridized carbons (Fsp3) is 0.389. The summed E-state index contributed by atoms with van der Waals surface area (Å²) in [6.45, 7) is 4.95. The van der Waals surface area contributed by atoms with Crippen molar-refractivity contribution in [3.63, 3.8) is 0 Å². The maximum atomic E-state index is 12.3. The van der Waals surface area contributed by atoms with Crippen LogP contribution in [0.4, 0.5) is 11.6 Å². The number of para-hydroxylation sites is 1. The molecular formula is C18H19N3O. The van der Waals surface area contributed by atoms with Crippen LogP contribution < -0.4 is 4.90 Å². The molecule has 0 spiro atoms. The number of benzene rings is 1.